The summed E-state index contributed by atoms with van der Waals surface area (Å²) in [5, 5.41) is 2.83. The number of carbonyl (C=O) groups excluding carboxylic acids is 2. The molecule has 0 heterocycles. The highest BCUT2D eigenvalue weighted by Gasteiger charge is 2.26. The van der Waals surface area contributed by atoms with Crippen LogP contribution in [0.15, 0.2) is 36.5 Å². The molecule has 0 aromatic heterocycles. The molecule has 0 aromatic carbocycles. The fraction of sp³-hybridized carbons (Fsp3) is 0.833. The van der Waals surface area contributed by atoms with Gasteiger partial charge in [0.05, 0.1) is 13.2 Å². The Balaban J connectivity index is 4.17. The predicted octanol–water partition coefficient (Wildman–Crippen LogP) is 14.0. The summed E-state index contributed by atoms with van der Waals surface area (Å²) in [6, 6.07) is 0. The van der Waals surface area contributed by atoms with E-state index < -0.39 is 26.5 Å². The first-order chi connectivity index (χ1) is 28.3. The van der Waals surface area contributed by atoms with Crippen LogP contribution in [-0.4, -0.2) is 56.3 Å². The summed E-state index contributed by atoms with van der Waals surface area (Å²) in [5.41, 5.74) is 0. The van der Waals surface area contributed by atoms with Gasteiger partial charge in [-0.2, -0.15) is 0 Å². The number of ether oxygens (including phenoxy) is 2. The monoisotopic (exact) mass is 840 g/mol. The lowest BCUT2D eigenvalue weighted by Crippen LogP contribution is -2.29. The van der Waals surface area contributed by atoms with E-state index in [4.69, 9.17) is 18.5 Å². The minimum atomic E-state index is -4.35. The largest absolute Gasteiger partial charge is 0.472 e. The van der Waals surface area contributed by atoms with E-state index in [-0.39, 0.29) is 32.0 Å². The van der Waals surface area contributed by atoms with Gasteiger partial charge in [-0.3, -0.25) is 18.6 Å². The Kier molecular flexibility index (Phi) is 43.4. The average Bonchev–Trinajstić information content (AvgIpc) is 3.21. The van der Waals surface area contributed by atoms with Crippen LogP contribution in [0.1, 0.15) is 219 Å². The number of rotatable bonds is 45. The van der Waals surface area contributed by atoms with Gasteiger partial charge in [0.1, 0.15) is 6.61 Å². The highest BCUT2D eigenvalue weighted by atomic mass is 31.2. The summed E-state index contributed by atoms with van der Waals surface area (Å²) < 4.78 is 33.3. The van der Waals surface area contributed by atoms with Crippen molar-refractivity contribution in [1.29, 1.82) is 0 Å². The van der Waals surface area contributed by atoms with E-state index in [9.17, 15) is 19.0 Å². The number of unbranched alkanes of at least 4 members (excludes halogenated alkanes) is 25. The van der Waals surface area contributed by atoms with E-state index in [2.05, 4.69) is 55.6 Å². The van der Waals surface area contributed by atoms with Gasteiger partial charge in [0.15, 0.2) is 6.10 Å². The summed E-state index contributed by atoms with van der Waals surface area (Å²) in [6.45, 7) is 4.21. The van der Waals surface area contributed by atoms with Gasteiger partial charge in [0.2, 0.25) is 0 Å². The third-order valence-electron chi connectivity index (χ3n) is 10.2. The SMILES string of the molecule is CCCCC/C=C\C/C=C\CCCCCCCCCCCC(=O)OC(COC(=O)CCCCCCCCC/C=C\CCCCCCCC)COP(=O)(O)OCCNC. The number of hydrogen-bond donors (Lipinski definition) is 2. The van der Waals surface area contributed by atoms with Crippen molar-refractivity contribution in [3.8, 4) is 0 Å². The Morgan fingerprint density at radius 1 is 0.534 bits per heavy atom. The van der Waals surface area contributed by atoms with Crippen LogP contribution >= 0.6 is 7.82 Å². The summed E-state index contributed by atoms with van der Waals surface area (Å²) >= 11 is 0. The maximum atomic E-state index is 12.7. The van der Waals surface area contributed by atoms with Crippen molar-refractivity contribution in [2.75, 3.05) is 33.4 Å². The molecule has 0 saturated heterocycles. The second-order valence-corrected chi connectivity index (χ2v) is 17.4. The van der Waals surface area contributed by atoms with Crippen LogP contribution in [0.4, 0.5) is 0 Å². The van der Waals surface area contributed by atoms with Gasteiger partial charge in [-0.05, 0) is 77.7 Å². The molecule has 0 fully saturated rings. The van der Waals surface area contributed by atoms with Crippen LogP contribution in [0.25, 0.3) is 0 Å². The maximum absolute atomic E-state index is 12.7. The Labute approximate surface area is 356 Å². The molecule has 2 unspecified atom stereocenters. The Morgan fingerprint density at radius 2 is 0.931 bits per heavy atom. The van der Waals surface area contributed by atoms with Crippen molar-refractivity contribution in [3.63, 3.8) is 0 Å². The average molecular weight is 840 g/mol. The zero-order chi connectivity index (χ0) is 42.5. The lowest BCUT2D eigenvalue weighted by Gasteiger charge is -2.20. The van der Waals surface area contributed by atoms with E-state index in [1.165, 1.54) is 135 Å². The highest BCUT2D eigenvalue weighted by Crippen LogP contribution is 2.43. The molecule has 58 heavy (non-hydrogen) atoms. The first-order valence-electron chi connectivity index (χ1n) is 23.9. The van der Waals surface area contributed by atoms with Crippen LogP contribution in [0.5, 0.6) is 0 Å². The first kappa shape index (κ1) is 56.2. The van der Waals surface area contributed by atoms with Gasteiger partial charge in [0.25, 0.3) is 0 Å². The van der Waals surface area contributed by atoms with Gasteiger partial charge in [-0.25, -0.2) is 4.57 Å². The molecule has 9 nitrogen and oxygen atoms in total. The van der Waals surface area contributed by atoms with Crippen LogP contribution in [0.2, 0.25) is 0 Å². The van der Waals surface area contributed by atoms with Crippen molar-refractivity contribution in [2.24, 2.45) is 0 Å². The number of hydrogen-bond acceptors (Lipinski definition) is 8. The minimum absolute atomic E-state index is 0.0183. The molecule has 0 saturated carbocycles. The van der Waals surface area contributed by atoms with Crippen molar-refractivity contribution < 1.29 is 37.6 Å². The minimum Gasteiger partial charge on any atom is -0.462 e. The van der Waals surface area contributed by atoms with Crippen LogP contribution < -0.4 is 5.32 Å². The molecular formula is C48H90NO8P. The standard InChI is InChI=1S/C48H90NO8P/c1-4-6-8-10-12-14-16-18-20-22-23-25-27-29-31-33-35-37-39-41-48(51)57-46(45-56-58(52,53)55-43-42-49-3)44-54-47(50)40-38-36-34-32-30-28-26-24-21-19-17-15-13-11-9-7-5-2/h12,14,18-21,46,49H,4-11,13,15-17,22-45H2,1-3H3,(H,52,53)/b14-12-,20-18-,21-19-. The zero-order valence-corrected chi connectivity index (χ0v) is 38.6. The second kappa shape index (κ2) is 44.8. The summed E-state index contributed by atoms with van der Waals surface area (Å²) in [7, 11) is -2.65. The number of likely N-dealkylation sites (N-methyl/N-ethyl adjacent to an activating group) is 1. The lowest BCUT2D eigenvalue weighted by molar-refractivity contribution is -0.161. The van der Waals surface area contributed by atoms with E-state index in [1.54, 1.807) is 7.05 Å². The molecule has 0 aliphatic rings. The number of esters is 2. The van der Waals surface area contributed by atoms with Gasteiger partial charge in [-0.15, -0.1) is 0 Å². The zero-order valence-electron chi connectivity index (χ0n) is 37.7. The summed E-state index contributed by atoms with van der Waals surface area (Å²) in [4.78, 5) is 35.2. The summed E-state index contributed by atoms with van der Waals surface area (Å²) in [6.07, 6.45) is 49.0. The van der Waals surface area contributed by atoms with Crippen molar-refractivity contribution in [1.82, 2.24) is 5.32 Å². The maximum Gasteiger partial charge on any atom is 0.472 e. The first-order valence-corrected chi connectivity index (χ1v) is 25.4. The van der Waals surface area contributed by atoms with Gasteiger partial charge >= 0.3 is 19.8 Å². The molecule has 0 aliphatic heterocycles. The van der Waals surface area contributed by atoms with E-state index in [0.717, 1.165) is 51.4 Å². The van der Waals surface area contributed by atoms with E-state index >= 15 is 0 Å². The molecule has 0 radical (unpaired) electrons. The number of phosphoric acid groups is 1. The molecule has 0 spiro atoms. The molecule has 2 atom stereocenters. The lowest BCUT2D eigenvalue weighted by atomic mass is 10.1. The fourth-order valence-electron chi connectivity index (χ4n) is 6.58. The van der Waals surface area contributed by atoms with Gasteiger partial charge < -0.3 is 19.7 Å². The van der Waals surface area contributed by atoms with Gasteiger partial charge in [0, 0.05) is 19.4 Å². The molecule has 0 bridgehead atoms. The third-order valence-corrected chi connectivity index (χ3v) is 11.2. The molecule has 0 rings (SSSR count). The van der Waals surface area contributed by atoms with Crippen LogP contribution in [-0.2, 0) is 32.7 Å². The molecule has 0 aliphatic carbocycles. The summed E-state index contributed by atoms with van der Waals surface area (Å²) in [5.74, 6) is -0.811. The Bertz CT molecular complexity index is 1050. The third kappa shape index (κ3) is 43.8. The Hall–Kier alpha value is -1.77. The normalized spacial score (nSPS) is 13.5. The van der Waals surface area contributed by atoms with E-state index in [1.807, 2.05) is 0 Å². The van der Waals surface area contributed by atoms with Crippen LogP contribution in [0.3, 0.4) is 0 Å². The number of nitrogens with one attached hydrogen (secondary N) is 1. The van der Waals surface area contributed by atoms with Crippen molar-refractivity contribution in [2.45, 2.75) is 225 Å². The second-order valence-electron chi connectivity index (χ2n) is 15.9. The molecular weight excluding hydrogens is 750 g/mol. The molecule has 0 amide bonds. The van der Waals surface area contributed by atoms with Crippen LogP contribution in [0, 0.1) is 0 Å². The van der Waals surface area contributed by atoms with E-state index in [0.29, 0.717) is 13.0 Å². The number of carbonyl (C=O) groups is 2. The molecule has 2 N–H and O–H groups in total. The Morgan fingerprint density at radius 3 is 1.41 bits per heavy atom. The highest BCUT2D eigenvalue weighted by molar-refractivity contribution is 7.47. The molecule has 340 valence electrons. The topological polar surface area (TPSA) is 120 Å². The van der Waals surface area contributed by atoms with Crippen molar-refractivity contribution in [3.05, 3.63) is 36.5 Å². The quantitative estimate of drug-likeness (QED) is 0.0267. The van der Waals surface area contributed by atoms with Crippen molar-refractivity contribution >= 4 is 19.8 Å². The smallest absolute Gasteiger partial charge is 0.462 e. The molecule has 10 heteroatoms. The molecule has 0 aromatic rings. The fourth-order valence-corrected chi connectivity index (χ4v) is 7.33. The van der Waals surface area contributed by atoms with Gasteiger partial charge in [-0.1, -0.05) is 172 Å². The predicted molar refractivity (Wildman–Crippen MR) is 243 cm³/mol. The number of allylic oxidation sites excluding steroid dienone is 6. The number of phosphoric ester groups is 1.